The van der Waals surface area contributed by atoms with Crippen molar-refractivity contribution in [3.05, 3.63) is 75.8 Å². The van der Waals surface area contributed by atoms with Gasteiger partial charge in [0, 0.05) is 24.6 Å². The Hall–Kier alpha value is -3.57. The van der Waals surface area contributed by atoms with Crippen molar-refractivity contribution in [1.29, 1.82) is 0 Å². The SMILES string of the molecule is CC.CNC1c2c(cc([N+](=O)[O-])cc2[N+](=O)[O-])-c2cc([N+](=O)[O-])cc([N+](=O)[O-])c21.[3H]CP. The highest BCUT2D eigenvalue weighted by Gasteiger charge is 2.42. The second kappa shape index (κ2) is 10.5. The van der Waals surface area contributed by atoms with Gasteiger partial charge in [-0.05, 0) is 7.05 Å². The summed E-state index contributed by atoms with van der Waals surface area (Å²) in [5.74, 6) is 0. The van der Waals surface area contributed by atoms with E-state index in [0.717, 1.165) is 24.3 Å². The molecule has 0 radical (unpaired) electrons. The number of fused-ring (bicyclic) bond motifs is 3. The molecule has 0 heterocycles. The lowest BCUT2D eigenvalue weighted by Gasteiger charge is -2.12. The molecular formula is C17H20N5O8P. The van der Waals surface area contributed by atoms with Gasteiger partial charge in [-0.2, -0.15) is 0 Å². The van der Waals surface area contributed by atoms with Crippen molar-refractivity contribution >= 4 is 32.0 Å². The largest absolute Gasteiger partial charge is 0.309 e. The van der Waals surface area contributed by atoms with Crippen LogP contribution in [0.25, 0.3) is 11.1 Å². The van der Waals surface area contributed by atoms with Gasteiger partial charge in [0.25, 0.3) is 22.7 Å². The Bertz CT molecular complexity index is 1000. The molecule has 2 aromatic carbocycles. The minimum Gasteiger partial charge on any atom is -0.309 e. The number of non-ortho nitro benzene ring substituents is 2. The lowest BCUT2D eigenvalue weighted by atomic mass is 10.0. The summed E-state index contributed by atoms with van der Waals surface area (Å²) in [5, 5.41) is 47.9. The zero-order valence-corrected chi connectivity index (χ0v) is 17.9. The summed E-state index contributed by atoms with van der Waals surface area (Å²) in [4.78, 5) is 41.8. The molecule has 13 nitrogen and oxygen atoms in total. The number of hydrogen-bond acceptors (Lipinski definition) is 9. The van der Waals surface area contributed by atoms with Crippen LogP contribution in [0.5, 0.6) is 0 Å². The van der Waals surface area contributed by atoms with Crippen molar-refractivity contribution in [3.8, 4) is 11.1 Å². The average molecular weight is 455 g/mol. The Kier molecular flexibility index (Phi) is 8.00. The monoisotopic (exact) mass is 455 g/mol. The summed E-state index contributed by atoms with van der Waals surface area (Å²) >= 11 is 0. The molecule has 0 bridgehead atoms. The number of nitro benzene ring substituents is 4. The van der Waals surface area contributed by atoms with E-state index >= 15 is 0 Å². The highest BCUT2D eigenvalue weighted by Crippen LogP contribution is 2.52. The Morgan fingerprint density at radius 3 is 1.35 bits per heavy atom. The van der Waals surface area contributed by atoms with Crippen molar-refractivity contribution < 1.29 is 21.1 Å². The Morgan fingerprint density at radius 1 is 0.806 bits per heavy atom. The lowest BCUT2D eigenvalue weighted by molar-refractivity contribution is -0.394. The molecule has 0 fully saturated rings. The number of rotatable bonds is 5. The number of nitrogens with one attached hydrogen (secondary N) is 1. The summed E-state index contributed by atoms with van der Waals surface area (Å²) in [6.07, 6.45) is 0. The van der Waals surface area contributed by atoms with Crippen LogP contribution in [0.1, 0.15) is 32.4 Å². The smallest absolute Gasteiger partial charge is 0.282 e. The van der Waals surface area contributed by atoms with E-state index in [9.17, 15) is 40.5 Å². The van der Waals surface area contributed by atoms with Gasteiger partial charge in [-0.25, -0.2) is 0 Å². The molecule has 0 spiro atoms. The minimum absolute atomic E-state index is 0.0216. The molecule has 1 unspecified atom stereocenters. The zero-order valence-electron chi connectivity index (χ0n) is 17.7. The van der Waals surface area contributed by atoms with E-state index in [4.69, 9.17) is 1.37 Å². The standard InChI is InChI=1S/C14H9N5O8.C2H6.CH5P/c1-15-14-12-8(2-6(16(20)21)4-10(12)18(24)25)9-3-7(17(22)23)5-11(13(9)14)19(26)27;2*1-2/h2-5,14-15H,1H3;1-2H3;2H2,1H3/i;;1T. The van der Waals surface area contributed by atoms with Crippen LogP contribution >= 0.6 is 9.24 Å². The van der Waals surface area contributed by atoms with Crippen LogP contribution in [-0.4, -0.2) is 33.4 Å². The summed E-state index contributed by atoms with van der Waals surface area (Å²) in [7, 11) is 3.65. The van der Waals surface area contributed by atoms with E-state index in [-0.39, 0.29) is 22.3 Å². The second-order valence-electron chi connectivity index (χ2n) is 5.60. The normalized spacial score (nSPS) is 11.5. The van der Waals surface area contributed by atoms with E-state index < -0.39 is 48.5 Å². The third-order valence-electron chi connectivity index (χ3n) is 4.26. The Balaban J connectivity index is 0.000000944. The molecule has 0 aromatic heterocycles. The van der Waals surface area contributed by atoms with Crippen LogP contribution < -0.4 is 5.32 Å². The van der Waals surface area contributed by atoms with Crippen LogP contribution in [0.4, 0.5) is 22.7 Å². The topological polar surface area (TPSA) is 185 Å². The third kappa shape index (κ3) is 4.62. The lowest BCUT2D eigenvalue weighted by Crippen LogP contribution is -2.17. The fraction of sp³-hybridized carbons (Fsp3) is 0.294. The van der Waals surface area contributed by atoms with Crippen molar-refractivity contribution in [2.45, 2.75) is 19.9 Å². The molecule has 1 atom stereocenters. The van der Waals surface area contributed by atoms with E-state index in [0.29, 0.717) is 6.64 Å². The van der Waals surface area contributed by atoms with Gasteiger partial charge in [0.05, 0.1) is 49.0 Å². The highest BCUT2D eigenvalue weighted by molar-refractivity contribution is 7.15. The Morgan fingerprint density at radius 2 is 1.13 bits per heavy atom. The first-order valence-electron chi connectivity index (χ1n) is 9.40. The molecule has 14 heteroatoms. The molecule has 166 valence electrons. The maximum Gasteiger partial charge on any atom is 0.282 e. The van der Waals surface area contributed by atoms with Gasteiger partial charge in [0.1, 0.15) is 0 Å². The molecule has 3 rings (SSSR count). The average Bonchev–Trinajstić information content (AvgIpc) is 3.07. The minimum atomic E-state index is -1.03. The quantitative estimate of drug-likeness (QED) is 0.393. The van der Waals surface area contributed by atoms with E-state index in [1.807, 2.05) is 13.8 Å². The van der Waals surface area contributed by atoms with Crippen LogP contribution in [0.3, 0.4) is 0 Å². The van der Waals surface area contributed by atoms with Crippen LogP contribution in [0, 0.1) is 40.5 Å². The van der Waals surface area contributed by atoms with Gasteiger partial charge >= 0.3 is 0 Å². The van der Waals surface area contributed by atoms with E-state index in [1.54, 1.807) is 0 Å². The van der Waals surface area contributed by atoms with E-state index in [2.05, 4.69) is 14.6 Å². The molecule has 1 aliphatic carbocycles. The first-order chi connectivity index (χ1) is 15.1. The molecule has 1 N–H and O–H groups in total. The van der Waals surface area contributed by atoms with Crippen molar-refractivity contribution in [3.63, 3.8) is 0 Å². The molecule has 0 saturated carbocycles. The molecule has 0 aliphatic heterocycles. The highest BCUT2D eigenvalue weighted by atomic mass is 31.0. The predicted octanol–water partition coefficient (Wildman–Crippen LogP) is 4.13. The van der Waals surface area contributed by atoms with Gasteiger partial charge in [-0.1, -0.05) is 20.5 Å². The first-order valence-corrected chi connectivity index (χ1v) is 9.51. The Labute approximate surface area is 179 Å². The summed E-state index contributed by atoms with van der Waals surface area (Å²) in [6, 6.07) is 2.53. The van der Waals surface area contributed by atoms with Crippen molar-refractivity contribution in [2.24, 2.45) is 0 Å². The van der Waals surface area contributed by atoms with Crippen LogP contribution in [-0.2, 0) is 0 Å². The summed E-state index contributed by atoms with van der Waals surface area (Å²) in [5.41, 5.74) is -2.51. The molecular weight excluding hydrogens is 433 g/mol. The van der Waals surface area contributed by atoms with Gasteiger partial charge in [0.15, 0.2) is 0 Å². The van der Waals surface area contributed by atoms with Gasteiger partial charge in [0.2, 0.25) is 0 Å². The number of nitrogens with zero attached hydrogens (tertiary/aromatic N) is 4. The van der Waals surface area contributed by atoms with Gasteiger partial charge < -0.3 is 5.32 Å². The maximum atomic E-state index is 11.5. The molecule has 0 amide bonds. The molecule has 1 aliphatic rings. The zero-order chi connectivity index (χ0) is 24.7. The predicted molar refractivity (Wildman–Crippen MR) is 116 cm³/mol. The second-order valence-corrected chi connectivity index (χ2v) is 5.60. The molecule has 31 heavy (non-hydrogen) atoms. The van der Waals surface area contributed by atoms with Crippen LogP contribution in [0.2, 0.25) is 0 Å². The number of benzene rings is 2. The fourth-order valence-corrected chi connectivity index (χ4v) is 3.24. The third-order valence-corrected chi connectivity index (χ3v) is 4.26. The maximum absolute atomic E-state index is 11.5. The fourth-order valence-electron chi connectivity index (χ4n) is 3.24. The van der Waals surface area contributed by atoms with Crippen molar-refractivity contribution in [1.82, 2.24) is 5.32 Å². The van der Waals surface area contributed by atoms with Crippen LogP contribution in [0.15, 0.2) is 24.3 Å². The number of hydrogen-bond donors (Lipinski definition) is 1. The first kappa shape index (κ1) is 23.7. The van der Waals surface area contributed by atoms with E-state index in [1.165, 1.54) is 7.05 Å². The van der Waals surface area contributed by atoms with Gasteiger partial charge in [-0.3, -0.25) is 40.5 Å². The van der Waals surface area contributed by atoms with Crippen molar-refractivity contribution in [2.75, 3.05) is 13.7 Å². The summed E-state index contributed by atoms with van der Waals surface area (Å²) in [6.45, 7) is 4.42. The van der Waals surface area contributed by atoms with Gasteiger partial charge in [-0.15, -0.1) is 9.24 Å². The molecule has 0 saturated heterocycles. The molecule has 2 aromatic rings. The number of nitro groups is 4. The summed E-state index contributed by atoms with van der Waals surface area (Å²) < 4.78 is 6.17.